The third-order valence-electron chi connectivity index (χ3n) is 6.15. The highest BCUT2D eigenvalue weighted by molar-refractivity contribution is 5.44. The van der Waals surface area contributed by atoms with Crippen LogP contribution in [0.5, 0.6) is 0 Å². The number of aryl methyl sites for hydroxylation is 1. The predicted octanol–water partition coefficient (Wildman–Crippen LogP) is 5.80. The maximum Gasteiger partial charge on any atom is 0.173 e. The minimum Gasteiger partial charge on any atom is -0.461 e. The van der Waals surface area contributed by atoms with Crippen molar-refractivity contribution >= 4 is 0 Å². The summed E-state index contributed by atoms with van der Waals surface area (Å²) in [4.78, 5) is 2.19. The van der Waals surface area contributed by atoms with E-state index in [-0.39, 0.29) is 16.9 Å². The van der Waals surface area contributed by atoms with Gasteiger partial charge >= 0.3 is 0 Å². The molecule has 0 fully saturated rings. The zero-order valence-electron chi connectivity index (χ0n) is 19.9. The lowest BCUT2D eigenvalue weighted by Gasteiger charge is -2.27. The lowest BCUT2D eigenvalue weighted by molar-refractivity contribution is 0.0926. The minimum atomic E-state index is -1.87. The largest absolute Gasteiger partial charge is 0.461 e. The predicted molar refractivity (Wildman–Crippen MR) is 131 cm³/mol. The van der Waals surface area contributed by atoms with Crippen LogP contribution < -0.4 is 0 Å². The van der Waals surface area contributed by atoms with E-state index in [0.29, 0.717) is 32.0 Å². The van der Waals surface area contributed by atoms with Gasteiger partial charge in [0.05, 0.1) is 13.2 Å². The molecule has 182 valence electrons. The molecule has 0 aliphatic rings. The standard InChI is InChI=1S/C29H29F2NO3/c1-21-7-3-4-8-22(21)19-32(15-16-34-2)20-27-13-14-28(35-27)29(33,23-9-5-11-25(30)17-23)24-10-6-12-26(31)18-24/h3-14,17-18,33H,15-16,19-20H2,1-2H3. The van der Waals surface area contributed by atoms with Crippen LogP contribution in [-0.4, -0.2) is 30.3 Å². The van der Waals surface area contributed by atoms with Crippen molar-refractivity contribution in [2.45, 2.75) is 25.6 Å². The fraction of sp³-hybridized carbons (Fsp3) is 0.241. The van der Waals surface area contributed by atoms with Gasteiger partial charge in [-0.3, -0.25) is 4.90 Å². The Hall–Kier alpha value is -3.32. The normalized spacial score (nSPS) is 11.8. The van der Waals surface area contributed by atoms with Crippen molar-refractivity contribution in [1.82, 2.24) is 4.90 Å². The lowest BCUT2D eigenvalue weighted by atomic mass is 9.84. The van der Waals surface area contributed by atoms with Crippen LogP contribution in [0.4, 0.5) is 8.78 Å². The summed E-state index contributed by atoms with van der Waals surface area (Å²) in [5.74, 6) is -0.205. The molecule has 4 aromatic rings. The molecule has 0 saturated carbocycles. The van der Waals surface area contributed by atoms with Crippen molar-refractivity contribution < 1.29 is 23.0 Å². The van der Waals surface area contributed by atoms with Gasteiger partial charge in [0.15, 0.2) is 5.60 Å². The molecule has 1 N–H and O–H groups in total. The summed E-state index contributed by atoms with van der Waals surface area (Å²) in [5, 5.41) is 11.9. The average molecular weight is 478 g/mol. The molecule has 0 bridgehead atoms. The third-order valence-corrected chi connectivity index (χ3v) is 6.15. The quantitative estimate of drug-likeness (QED) is 0.314. The van der Waals surface area contributed by atoms with Gasteiger partial charge in [0.1, 0.15) is 23.2 Å². The van der Waals surface area contributed by atoms with Gasteiger partial charge in [0, 0.05) is 20.2 Å². The number of hydrogen-bond acceptors (Lipinski definition) is 4. The minimum absolute atomic E-state index is 0.186. The van der Waals surface area contributed by atoms with Crippen molar-refractivity contribution in [3.05, 3.63) is 130 Å². The van der Waals surface area contributed by atoms with Crippen molar-refractivity contribution in [3.63, 3.8) is 0 Å². The van der Waals surface area contributed by atoms with Crippen molar-refractivity contribution in [2.75, 3.05) is 20.3 Å². The Bertz CT molecular complexity index is 1220. The topological polar surface area (TPSA) is 45.8 Å². The number of hydrogen-bond donors (Lipinski definition) is 1. The smallest absolute Gasteiger partial charge is 0.173 e. The molecule has 6 heteroatoms. The van der Waals surface area contributed by atoms with Crippen molar-refractivity contribution in [2.24, 2.45) is 0 Å². The van der Waals surface area contributed by atoms with Crippen LogP contribution in [0.15, 0.2) is 89.3 Å². The first kappa shape index (κ1) is 24.8. The van der Waals surface area contributed by atoms with Crippen LogP contribution in [0, 0.1) is 18.6 Å². The molecule has 35 heavy (non-hydrogen) atoms. The molecular weight excluding hydrogens is 448 g/mol. The average Bonchev–Trinajstić information content (AvgIpc) is 3.32. The number of ether oxygens (including phenoxy) is 1. The van der Waals surface area contributed by atoms with Crippen LogP contribution >= 0.6 is 0 Å². The molecule has 1 heterocycles. The monoisotopic (exact) mass is 477 g/mol. The second-order valence-electron chi connectivity index (χ2n) is 8.63. The maximum atomic E-state index is 14.1. The molecule has 0 saturated heterocycles. The van der Waals surface area contributed by atoms with Crippen LogP contribution in [0.1, 0.15) is 33.8 Å². The van der Waals surface area contributed by atoms with Crippen LogP contribution in [0.25, 0.3) is 0 Å². The fourth-order valence-electron chi connectivity index (χ4n) is 4.22. The summed E-state index contributed by atoms with van der Waals surface area (Å²) < 4.78 is 39.6. The Morgan fingerprint density at radius 3 is 2.11 bits per heavy atom. The fourth-order valence-corrected chi connectivity index (χ4v) is 4.22. The second kappa shape index (κ2) is 11.0. The highest BCUT2D eigenvalue weighted by Crippen LogP contribution is 2.38. The van der Waals surface area contributed by atoms with E-state index in [2.05, 4.69) is 24.0 Å². The van der Waals surface area contributed by atoms with E-state index < -0.39 is 17.2 Å². The highest BCUT2D eigenvalue weighted by Gasteiger charge is 2.38. The number of halogens is 2. The number of benzene rings is 3. The van der Waals surface area contributed by atoms with Gasteiger partial charge in [-0.2, -0.15) is 0 Å². The number of methoxy groups -OCH3 is 1. The molecule has 0 aliphatic carbocycles. The third kappa shape index (κ3) is 5.68. The first-order valence-electron chi connectivity index (χ1n) is 11.5. The molecule has 4 nitrogen and oxygen atoms in total. The maximum absolute atomic E-state index is 14.1. The molecule has 0 unspecified atom stereocenters. The Morgan fingerprint density at radius 2 is 1.51 bits per heavy atom. The van der Waals surface area contributed by atoms with Crippen molar-refractivity contribution in [3.8, 4) is 0 Å². The van der Waals surface area contributed by atoms with Gasteiger partial charge in [-0.05, 0) is 65.6 Å². The summed E-state index contributed by atoms with van der Waals surface area (Å²) in [5.41, 5.74) is 1.03. The van der Waals surface area contributed by atoms with Crippen LogP contribution in [0.2, 0.25) is 0 Å². The molecule has 0 aliphatic heterocycles. The summed E-state index contributed by atoms with van der Waals surface area (Å²) in [6.45, 7) is 4.48. The van der Waals surface area contributed by atoms with E-state index >= 15 is 0 Å². The van der Waals surface area contributed by atoms with E-state index in [9.17, 15) is 13.9 Å². The van der Waals surface area contributed by atoms with Gasteiger partial charge in [0.2, 0.25) is 0 Å². The summed E-state index contributed by atoms with van der Waals surface area (Å²) in [7, 11) is 1.66. The molecule has 0 radical (unpaired) electrons. The first-order valence-corrected chi connectivity index (χ1v) is 11.5. The molecule has 0 spiro atoms. The number of furan rings is 1. The van der Waals surface area contributed by atoms with E-state index in [1.807, 2.05) is 12.1 Å². The number of rotatable bonds is 10. The molecule has 1 aromatic heterocycles. The van der Waals surface area contributed by atoms with E-state index in [1.54, 1.807) is 31.4 Å². The van der Waals surface area contributed by atoms with Crippen molar-refractivity contribution in [1.29, 1.82) is 0 Å². The first-order chi connectivity index (χ1) is 16.9. The summed E-state index contributed by atoms with van der Waals surface area (Å²) >= 11 is 0. The van der Waals surface area contributed by atoms with Gasteiger partial charge in [-0.15, -0.1) is 0 Å². The Kier molecular flexibility index (Phi) is 7.76. The highest BCUT2D eigenvalue weighted by atomic mass is 19.1. The second-order valence-corrected chi connectivity index (χ2v) is 8.63. The Morgan fingerprint density at radius 1 is 0.857 bits per heavy atom. The summed E-state index contributed by atoms with van der Waals surface area (Å²) in [6, 6.07) is 22.9. The van der Waals surface area contributed by atoms with Gasteiger partial charge in [-0.25, -0.2) is 8.78 Å². The van der Waals surface area contributed by atoms with E-state index in [0.717, 1.165) is 0 Å². The Balaban J connectivity index is 1.67. The number of nitrogens with zero attached hydrogens (tertiary/aromatic N) is 1. The van der Waals surface area contributed by atoms with Gasteiger partial charge in [-0.1, -0.05) is 48.5 Å². The Labute approximate surface area is 204 Å². The zero-order valence-corrected chi connectivity index (χ0v) is 19.9. The SMILES string of the molecule is COCCN(Cc1ccc(C(O)(c2cccc(F)c2)c2cccc(F)c2)o1)Cc1ccccc1C. The van der Waals surface area contributed by atoms with Gasteiger partial charge in [0.25, 0.3) is 0 Å². The molecule has 0 atom stereocenters. The van der Waals surface area contributed by atoms with Crippen LogP contribution in [-0.2, 0) is 23.4 Å². The molecule has 0 amide bonds. The lowest BCUT2D eigenvalue weighted by Crippen LogP contribution is -2.29. The van der Waals surface area contributed by atoms with Crippen LogP contribution in [0.3, 0.4) is 0 Å². The molecule has 3 aromatic carbocycles. The molecule has 4 rings (SSSR count). The van der Waals surface area contributed by atoms with Gasteiger partial charge < -0.3 is 14.3 Å². The number of aliphatic hydroxyl groups is 1. The van der Waals surface area contributed by atoms with E-state index in [4.69, 9.17) is 9.15 Å². The summed E-state index contributed by atoms with van der Waals surface area (Å²) in [6.07, 6.45) is 0. The zero-order chi connectivity index (χ0) is 24.8. The van der Waals surface area contributed by atoms with E-state index in [1.165, 1.54) is 47.5 Å². The molecular formula is C29H29F2NO3.